The number of aromatic nitrogens is 5. The van der Waals surface area contributed by atoms with Gasteiger partial charge in [-0.3, -0.25) is 4.57 Å². The molecule has 6 nitrogen and oxygen atoms in total. The van der Waals surface area contributed by atoms with E-state index in [0.29, 0.717) is 17.6 Å². The molecule has 57 heavy (non-hydrogen) atoms. The van der Waals surface area contributed by atoms with Crippen LogP contribution < -0.4 is 0 Å². The Balaban J connectivity index is 1.15. The highest BCUT2D eigenvalue weighted by atomic mass is 16.3. The van der Waals surface area contributed by atoms with Crippen LogP contribution in [0.3, 0.4) is 0 Å². The fourth-order valence-electron chi connectivity index (χ4n) is 8.73. The first-order valence-electron chi connectivity index (χ1n) is 19.1. The average molecular weight is 730 g/mol. The average Bonchev–Trinajstić information content (AvgIpc) is 3.94. The molecule has 0 unspecified atom stereocenters. The van der Waals surface area contributed by atoms with E-state index in [4.69, 9.17) is 19.4 Å². The van der Waals surface area contributed by atoms with E-state index in [1.165, 1.54) is 0 Å². The zero-order valence-electron chi connectivity index (χ0n) is 30.5. The first-order chi connectivity index (χ1) is 28.3. The van der Waals surface area contributed by atoms with Gasteiger partial charge < -0.3 is 8.98 Å². The van der Waals surface area contributed by atoms with Crippen LogP contribution in [0.4, 0.5) is 0 Å². The molecule has 4 heterocycles. The standard InChI is InChI=1S/C51H31N5O/c1-3-15-32(16-4-1)49-52-50(40-23-13-26-43-47(40)38-20-8-11-25-42(38)55(43)34-17-5-2-6-18-34)54-51(53-49)56-41-24-10-7-19-36(41)37-30-29-33(31-44(37)56)35-22-14-28-46-48(35)39-21-9-12-27-45(39)57-46/h1-31H. The molecule has 12 rings (SSSR count). The van der Waals surface area contributed by atoms with E-state index in [9.17, 15) is 0 Å². The molecule has 0 amide bonds. The number of benzene rings is 8. The lowest BCUT2D eigenvalue weighted by molar-refractivity contribution is 0.669. The van der Waals surface area contributed by atoms with Crippen LogP contribution in [0.15, 0.2) is 192 Å². The van der Waals surface area contributed by atoms with Crippen molar-refractivity contribution in [2.24, 2.45) is 0 Å². The third kappa shape index (κ3) is 4.81. The van der Waals surface area contributed by atoms with Crippen molar-refractivity contribution in [1.29, 1.82) is 0 Å². The highest BCUT2D eigenvalue weighted by Gasteiger charge is 2.22. The van der Waals surface area contributed by atoms with Crippen molar-refractivity contribution in [2.45, 2.75) is 0 Å². The zero-order chi connectivity index (χ0) is 37.5. The fraction of sp³-hybridized carbons (Fsp3) is 0. The van der Waals surface area contributed by atoms with Gasteiger partial charge in [0.1, 0.15) is 11.2 Å². The summed E-state index contributed by atoms with van der Waals surface area (Å²) in [5.74, 6) is 1.77. The minimum absolute atomic E-state index is 0.554. The first-order valence-corrected chi connectivity index (χ1v) is 19.1. The van der Waals surface area contributed by atoms with Gasteiger partial charge in [-0.05, 0) is 59.7 Å². The van der Waals surface area contributed by atoms with Crippen molar-refractivity contribution in [1.82, 2.24) is 24.1 Å². The summed E-state index contributed by atoms with van der Waals surface area (Å²) in [6.45, 7) is 0. The highest BCUT2D eigenvalue weighted by molar-refractivity contribution is 6.16. The van der Waals surface area contributed by atoms with E-state index in [1.807, 2.05) is 36.4 Å². The van der Waals surface area contributed by atoms with Crippen LogP contribution in [0.1, 0.15) is 0 Å². The maximum absolute atomic E-state index is 6.30. The summed E-state index contributed by atoms with van der Waals surface area (Å²) in [5, 5.41) is 6.68. The predicted molar refractivity (Wildman–Crippen MR) is 232 cm³/mol. The van der Waals surface area contributed by atoms with Gasteiger partial charge in [-0.2, -0.15) is 9.97 Å². The van der Waals surface area contributed by atoms with Crippen molar-refractivity contribution in [2.75, 3.05) is 0 Å². The number of para-hydroxylation sites is 4. The van der Waals surface area contributed by atoms with Crippen molar-refractivity contribution in [3.8, 4) is 45.5 Å². The lowest BCUT2D eigenvalue weighted by Crippen LogP contribution is -2.06. The van der Waals surface area contributed by atoms with Crippen LogP contribution in [0, 0.1) is 0 Å². The van der Waals surface area contributed by atoms with Gasteiger partial charge in [0, 0.05) is 49.1 Å². The molecule has 0 bridgehead atoms. The fourth-order valence-corrected chi connectivity index (χ4v) is 8.73. The Hall–Kier alpha value is -7.83. The zero-order valence-corrected chi connectivity index (χ0v) is 30.5. The highest BCUT2D eigenvalue weighted by Crippen LogP contribution is 2.41. The topological polar surface area (TPSA) is 61.7 Å². The number of hydrogen-bond donors (Lipinski definition) is 0. The molecule has 266 valence electrons. The number of rotatable bonds is 5. The molecule has 6 heteroatoms. The molecule has 0 radical (unpaired) electrons. The van der Waals surface area contributed by atoms with Crippen LogP contribution in [0.2, 0.25) is 0 Å². The van der Waals surface area contributed by atoms with Crippen molar-refractivity contribution in [3.05, 3.63) is 188 Å². The Morgan fingerprint density at radius 1 is 0.351 bits per heavy atom. The van der Waals surface area contributed by atoms with Gasteiger partial charge >= 0.3 is 0 Å². The second kappa shape index (κ2) is 12.3. The molecule has 0 saturated carbocycles. The molecule has 8 aromatic carbocycles. The third-order valence-electron chi connectivity index (χ3n) is 11.2. The van der Waals surface area contributed by atoms with Crippen molar-refractivity contribution < 1.29 is 4.42 Å². The quantitative estimate of drug-likeness (QED) is 0.177. The molecule has 0 aliphatic carbocycles. The Kier molecular flexibility index (Phi) is 6.83. The largest absolute Gasteiger partial charge is 0.456 e. The molecule has 0 saturated heterocycles. The first kappa shape index (κ1) is 31.5. The monoisotopic (exact) mass is 729 g/mol. The molecule has 0 spiro atoms. The lowest BCUT2D eigenvalue weighted by Gasteiger charge is -2.12. The minimum Gasteiger partial charge on any atom is -0.456 e. The number of furan rings is 1. The Morgan fingerprint density at radius 3 is 1.81 bits per heavy atom. The summed E-state index contributed by atoms with van der Waals surface area (Å²) in [4.78, 5) is 15.9. The molecular weight excluding hydrogens is 699 g/mol. The molecule has 4 aromatic heterocycles. The van der Waals surface area contributed by atoms with Crippen LogP contribution in [0.25, 0.3) is 111 Å². The second-order valence-electron chi connectivity index (χ2n) is 14.4. The Labute approximate surface area is 326 Å². The van der Waals surface area contributed by atoms with E-state index >= 15 is 0 Å². The summed E-state index contributed by atoms with van der Waals surface area (Å²) >= 11 is 0. The van der Waals surface area contributed by atoms with E-state index in [0.717, 1.165) is 93.5 Å². The Morgan fingerprint density at radius 2 is 0.965 bits per heavy atom. The molecule has 0 aliphatic heterocycles. The number of fused-ring (bicyclic) bond motifs is 9. The van der Waals surface area contributed by atoms with Crippen molar-refractivity contribution in [3.63, 3.8) is 0 Å². The second-order valence-corrected chi connectivity index (χ2v) is 14.4. The lowest BCUT2D eigenvalue weighted by atomic mass is 9.98. The van der Waals surface area contributed by atoms with E-state index in [1.54, 1.807) is 0 Å². The number of hydrogen-bond acceptors (Lipinski definition) is 4. The van der Waals surface area contributed by atoms with Gasteiger partial charge in [0.15, 0.2) is 11.6 Å². The molecule has 0 N–H and O–H groups in total. The summed E-state index contributed by atoms with van der Waals surface area (Å²) in [7, 11) is 0. The summed E-state index contributed by atoms with van der Waals surface area (Å²) in [5.41, 5.74) is 11.1. The minimum atomic E-state index is 0.554. The molecule has 0 fully saturated rings. The summed E-state index contributed by atoms with van der Waals surface area (Å²) < 4.78 is 10.8. The molecule has 0 aliphatic rings. The number of nitrogens with zero attached hydrogens (tertiary/aromatic N) is 5. The van der Waals surface area contributed by atoms with Gasteiger partial charge in [-0.1, -0.05) is 140 Å². The molecule has 12 aromatic rings. The maximum Gasteiger partial charge on any atom is 0.238 e. The van der Waals surface area contributed by atoms with Crippen LogP contribution in [-0.2, 0) is 0 Å². The normalized spacial score (nSPS) is 11.9. The predicted octanol–water partition coefficient (Wildman–Crippen LogP) is 13.0. The summed E-state index contributed by atoms with van der Waals surface area (Å²) in [6.07, 6.45) is 0. The van der Waals surface area contributed by atoms with Crippen molar-refractivity contribution >= 4 is 65.6 Å². The third-order valence-corrected chi connectivity index (χ3v) is 11.2. The smallest absolute Gasteiger partial charge is 0.238 e. The van der Waals surface area contributed by atoms with Gasteiger partial charge in [-0.15, -0.1) is 0 Å². The van der Waals surface area contributed by atoms with Gasteiger partial charge in [0.05, 0.1) is 22.1 Å². The van der Waals surface area contributed by atoms with Gasteiger partial charge in [-0.25, -0.2) is 4.98 Å². The Bertz CT molecular complexity index is 3520. The maximum atomic E-state index is 6.30. The van der Waals surface area contributed by atoms with E-state index in [2.05, 4.69) is 161 Å². The van der Waals surface area contributed by atoms with E-state index < -0.39 is 0 Å². The SMILES string of the molecule is c1ccc(-c2nc(-c3cccc4c3c3ccccc3n4-c3ccccc3)nc(-n3c4ccccc4c4ccc(-c5cccc6oc7ccccc7c56)cc43)n2)cc1. The van der Waals surface area contributed by atoms with Crippen LogP contribution >= 0.6 is 0 Å². The summed E-state index contributed by atoms with van der Waals surface area (Å²) in [6, 6.07) is 65.5. The van der Waals surface area contributed by atoms with Crippen LogP contribution in [0.5, 0.6) is 0 Å². The molecule has 0 atom stereocenters. The molecular formula is C51H31N5O. The van der Waals surface area contributed by atoms with Gasteiger partial charge in [0.2, 0.25) is 5.95 Å². The van der Waals surface area contributed by atoms with Crippen LogP contribution in [-0.4, -0.2) is 24.1 Å². The van der Waals surface area contributed by atoms with E-state index in [-0.39, 0.29) is 0 Å². The van der Waals surface area contributed by atoms with Gasteiger partial charge in [0.25, 0.3) is 0 Å².